The van der Waals surface area contributed by atoms with Crippen molar-refractivity contribution < 1.29 is 14.3 Å². The molecular weight excluding hydrogens is 426 g/mol. The van der Waals surface area contributed by atoms with E-state index >= 15 is 0 Å². The van der Waals surface area contributed by atoms with Crippen LogP contribution >= 0.6 is 0 Å². The molecule has 6 nitrogen and oxygen atoms in total. The number of carbonyl (C=O) groups is 2. The SMILES string of the molecule is CC(C)CN1C(=O)N(CCc2ccccc2)C2(CCN(CCOCc3ccccc3)CC2)C1=O. The molecule has 2 aromatic carbocycles. The first-order valence-electron chi connectivity index (χ1n) is 12.5. The molecule has 0 N–H and O–H groups in total. The number of urea groups is 1. The smallest absolute Gasteiger partial charge is 0.327 e. The quantitative estimate of drug-likeness (QED) is 0.391. The summed E-state index contributed by atoms with van der Waals surface area (Å²) in [5, 5.41) is 0. The van der Waals surface area contributed by atoms with E-state index in [0.717, 1.165) is 26.1 Å². The summed E-state index contributed by atoms with van der Waals surface area (Å²) in [7, 11) is 0. The number of benzene rings is 2. The third-order valence-corrected chi connectivity index (χ3v) is 6.98. The molecule has 1 spiro atoms. The Morgan fingerprint density at radius 2 is 1.50 bits per heavy atom. The van der Waals surface area contributed by atoms with E-state index in [-0.39, 0.29) is 17.9 Å². The highest BCUT2D eigenvalue weighted by Crippen LogP contribution is 2.37. The van der Waals surface area contributed by atoms with Crippen LogP contribution in [0.15, 0.2) is 60.7 Å². The summed E-state index contributed by atoms with van der Waals surface area (Å²) in [6.07, 6.45) is 2.12. The summed E-state index contributed by atoms with van der Waals surface area (Å²) >= 11 is 0. The van der Waals surface area contributed by atoms with Gasteiger partial charge in [-0.2, -0.15) is 0 Å². The molecular formula is C28H37N3O3. The Bertz CT molecular complexity index is 940. The summed E-state index contributed by atoms with van der Waals surface area (Å²) in [6, 6.07) is 20.3. The van der Waals surface area contributed by atoms with Crippen molar-refractivity contribution in [1.29, 1.82) is 0 Å². The predicted octanol–water partition coefficient (Wildman–Crippen LogP) is 4.20. The van der Waals surface area contributed by atoms with E-state index in [1.54, 1.807) is 0 Å². The van der Waals surface area contributed by atoms with Crippen LogP contribution < -0.4 is 0 Å². The van der Waals surface area contributed by atoms with Gasteiger partial charge in [0.05, 0.1) is 13.2 Å². The number of rotatable bonds is 10. The summed E-state index contributed by atoms with van der Waals surface area (Å²) in [6.45, 7) is 8.87. The van der Waals surface area contributed by atoms with Gasteiger partial charge in [0.25, 0.3) is 5.91 Å². The summed E-state index contributed by atoms with van der Waals surface area (Å²) in [5.41, 5.74) is 1.66. The highest BCUT2D eigenvalue weighted by Gasteiger charge is 2.57. The molecule has 0 radical (unpaired) electrons. The van der Waals surface area contributed by atoms with Crippen LogP contribution in [0.25, 0.3) is 0 Å². The minimum absolute atomic E-state index is 0.000704. The van der Waals surface area contributed by atoms with E-state index in [2.05, 4.69) is 43.0 Å². The zero-order chi connectivity index (χ0) is 24.0. The van der Waals surface area contributed by atoms with Gasteiger partial charge < -0.3 is 14.5 Å². The van der Waals surface area contributed by atoms with Gasteiger partial charge in [-0.25, -0.2) is 4.79 Å². The second-order valence-electron chi connectivity index (χ2n) is 9.89. The number of amides is 3. The van der Waals surface area contributed by atoms with E-state index < -0.39 is 5.54 Å². The van der Waals surface area contributed by atoms with Gasteiger partial charge in [-0.15, -0.1) is 0 Å². The molecule has 0 unspecified atom stereocenters. The lowest BCUT2D eigenvalue weighted by molar-refractivity contribution is -0.136. The van der Waals surface area contributed by atoms with E-state index in [4.69, 9.17) is 4.74 Å². The predicted molar refractivity (Wildman–Crippen MR) is 133 cm³/mol. The fourth-order valence-electron chi connectivity index (χ4n) is 5.09. The molecule has 6 heteroatoms. The number of hydrogen-bond donors (Lipinski definition) is 0. The Balaban J connectivity index is 1.36. The standard InChI is InChI=1S/C28H37N3O3/c1-23(2)21-30-26(32)28(31(27(30)33)16-13-24-9-5-3-6-10-24)14-17-29(18-15-28)19-20-34-22-25-11-7-4-8-12-25/h3-12,23H,13-22H2,1-2H3. The minimum atomic E-state index is -0.706. The average molecular weight is 464 g/mol. The molecule has 4 rings (SSSR count). The topological polar surface area (TPSA) is 53.1 Å². The summed E-state index contributed by atoms with van der Waals surface area (Å²) < 4.78 is 5.87. The summed E-state index contributed by atoms with van der Waals surface area (Å²) in [5.74, 6) is 0.250. The van der Waals surface area contributed by atoms with Crippen LogP contribution in [-0.2, 0) is 22.6 Å². The maximum absolute atomic E-state index is 13.6. The highest BCUT2D eigenvalue weighted by molar-refractivity contribution is 6.07. The maximum atomic E-state index is 13.6. The van der Waals surface area contributed by atoms with E-state index in [1.165, 1.54) is 16.0 Å². The van der Waals surface area contributed by atoms with Crippen LogP contribution in [-0.4, -0.2) is 71.5 Å². The molecule has 2 fully saturated rings. The second-order valence-corrected chi connectivity index (χ2v) is 9.89. The molecule has 2 aliphatic rings. The molecule has 2 heterocycles. The molecule has 0 bridgehead atoms. The monoisotopic (exact) mass is 463 g/mol. The Morgan fingerprint density at radius 3 is 2.12 bits per heavy atom. The zero-order valence-electron chi connectivity index (χ0n) is 20.5. The normalized spacial score (nSPS) is 18.4. The van der Waals surface area contributed by atoms with E-state index in [1.807, 2.05) is 41.3 Å². The first-order valence-corrected chi connectivity index (χ1v) is 12.5. The number of likely N-dealkylation sites (tertiary alicyclic amines) is 1. The first-order chi connectivity index (χ1) is 16.5. The maximum Gasteiger partial charge on any atom is 0.327 e. The second kappa shape index (κ2) is 11.2. The van der Waals surface area contributed by atoms with Crippen molar-refractivity contribution in [3.8, 4) is 0 Å². The lowest BCUT2D eigenvalue weighted by Gasteiger charge is -2.42. The number of hydrogen-bond acceptors (Lipinski definition) is 4. The van der Waals surface area contributed by atoms with Crippen molar-refractivity contribution in [2.75, 3.05) is 39.3 Å². The average Bonchev–Trinajstić information content (AvgIpc) is 3.03. The van der Waals surface area contributed by atoms with Crippen molar-refractivity contribution in [1.82, 2.24) is 14.7 Å². The van der Waals surface area contributed by atoms with Gasteiger partial charge in [0.2, 0.25) is 0 Å². The summed E-state index contributed by atoms with van der Waals surface area (Å²) in [4.78, 5) is 32.7. The molecule has 182 valence electrons. The Labute approximate surface area is 203 Å². The van der Waals surface area contributed by atoms with Crippen LogP contribution in [0.2, 0.25) is 0 Å². The molecule has 0 aromatic heterocycles. The first kappa shape index (κ1) is 24.4. The highest BCUT2D eigenvalue weighted by atomic mass is 16.5. The third-order valence-electron chi connectivity index (χ3n) is 6.98. The van der Waals surface area contributed by atoms with Crippen LogP contribution in [0.1, 0.15) is 37.8 Å². The van der Waals surface area contributed by atoms with Crippen molar-refractivity contribution in [3.05, 3.63) is 71.8 Å². The van der Waals surface area contributed by atoms with Crippen molar-refractivity contribution >= 4 is 11.9 Å². The van der Waals surface area contributed by atoms with Crippen LogP contribution in [0.4, 0.5) is 4.79 Å². The van der Waals surface area contributed by atoms with Gasteiger partial charge in [-0.1, -0.05) is 74.5 Å². The van der Waals surface area contributed by atoms with E-state index in [9.17, 15) is 9.59 Å². The number of ether oxygens (including phenoxy) is 1. The minimum Gasteiger partial charge on any atom is -0.375 e. The van der Waals surface area contributed by atoms with Crippen LogP contribution in [0.5, 0.6) is 0 Å². The molecule has 2 aliphatic heterocycles. The fraction of sp³-hybridized carbons (Fsp3) is 0.500. The zero-order valence-corrected chi connectivity index (χ0v) is 20.5. The molecule has 2 aromatic rings. The van der Waals surface area contributed by atoms with Crippen molar-refractivity contribution in [2.24, 2.45) is 5.92 Å². The molecule has 3 amide bonds. The van der Waals surface area contributed by atoms with Gasteiger partial charge in [-0.05, 0) is 36.3 Å². The van der Waals surface area contributed by atoms with Gasteiger partial charge in [0, 0.05) is 32.7 Å². The fourth-order valence-corrected chi connectivity index (χ4v) is 5.09. The largest absolute Gasteiger partial charge is 0.375 e. The van der Waals surface area contributed by atoms with Crippen LogP contribution in [0.3, 0.4) is 0 Å². The lowest BCUT2D eigenvalue weighted by atomic mass is 9.85. The Kier molecular flexibility index (Phi) is 8.01. The third kappa shape index (κ3) is 5.50. The Hall–Kier alpha value is -2.70. The lowest BCUT2D eigenvalue weighted by Crippen LogP contribution is -2.57. The molecule has 2 saturated heterocycles. The number of imide groups is 1. The van der Waals surface area contributed by atoms with Gasteiger partial charge in [0.1, 0.15) is 5.54 Å². The number of carbonyl (C=O) groups excluding carboxylic acids is 2. The van der Waals surface area contributed by atoms with Gasteiger partial charge >= 0.3 is 6.03 Å². The molecule has 0 atom stereocenters. The molecule has 34 heavy (non-hydrogen) atoms. The molecule has 0 saturated carbocycles. The molecule has 0 aliphatic carbocycles. The Morgan fingerprint density at radius 1 is 0.882 bits per heavy atom. The van der Waals surface area contributed by atoms with Crippen LogP contribution in [0, 0.1) is 5.92 Å². The van der Waals surface area contributed by atoms with Crippen molar-refractivity contribution in [3.63, 3.8) is 0 Å². The van der Waals surface area contributed by atoms with Crippen molar-refractivity contribution in [2.45, 2.75) is 45.3 Å². The number of nitrogens with zero attached hydrogens (tertiary/aromatic N) is 3. The number of piperidine rings is 1. The van der Waals surface area contributed by atoms with Gasteiger partial charge in [-0.3, -0.25) is 9.69 Å². The van der Waals surface area contributed by atoms with Gasteiger partial charge in [0.15, 0.2) is 0 Å². The van der Waals surface area contributed by atoms with E-state index in [0.29, 0.717) is 39.1 Å².